The van der Waals surface area contributed by atoms with Crippen LogP contribution in [0.1, 0.15) is 34.8 Å². The summed E-state index contributed by atoms with van der Waals surface area (Å²) in [4.78, 5) is 26.7. The van der Waals surface area contributed by atoms with Gasteiger partial charge in [0.2, 0.25) is 0 Å². The summed E-state index contributed by atoms with van der Waals surface area (Å²) in [6.45, 7) is 0. The Morgan fingerprint density at radius 3 is 2.89 bits per heavy atom. The summed E-state index contributed by atoms with van der Waals surface area (Å²) in [6, 6.07) is 4.31. The molecule has 2 N–H and O–H groups in total. The Bertz CT molecular complexity index is 667. The van der Waals surface area contributed by atoms with Gasteiger partial charge in [-0.15, -0.1) is 0 Å². The predicted octanol–water partition coefficient (Wildman–Crippen LogP) is 1.14. The first-order valence-corrected chi connectivity index (χ1v) is 5.67. The standard InChI is InChI=1S/C12H11N3O3/c16-11-6-9(7-1-2-7)14-15(11)10-5-8(12(17)18)3-4-13-10/h3-7,14H,1-2H2,(H,17,18). The van der Waals surface area contributed by atoms with Gasteiger partial charge in [-0.05, 0) is 25.0 Å². The number of H-pyrrole nitrogens is 1. The lowest BCUT2D eigenvalue weighted by Gasteiger charge is -2.01. The van der Waals surface area contributed by atoms with Crippen LogP contribution in [0.4, 0.5) is 0 Å². The van der Waals surface area contributed by atoms with Crippen molar-refractivity contribution in [1.82, 2.24) is 14.8 Å². The molecular weight excluding hydrogens is 234 g/mol. The molecule has 1 saturated carbocycles. The van der Waals surface area contributed by atoms with Crippen LogP contribution in [0.3, 0.4) is 0 Å². The molecule has 2 aromatic rings. The number of aromatic carboxylic acids is 1. The Morgan fingerprint density at radius 2 is 2.22 bits per heavy atom. The molecule has 0 spiro atoms. The number of nitrogens with one attached hydrogen (secondary N) is 1. The van der Waals surface area contributed by atoms with E-state index in [1.54, 1.807) is 6.07 Å². The lowest BCUT2D eigenvalue weighted by Crippen LogP contribution is -2.15. The number of aromatic amines is 1. The molecule has 0 aromatic carbocycles. The summed E-state index contributed by atoms with van der Waals surface area (Å²) in [6.07, 6.45) is 3.55. The predicted molar refractivity (Wildman–Crippen MR) is 63.1 cm³/mol. The number of carboxylic acids is 1. The second-order valence-corrected chi connectivity index (χ2v) is 4.37. The van der Waals surface area contributed by atoms with E-state index < -0.39 is 5.97 Å². The molecule has 0 radical (unpaired) electrons. The van der Waals surface area contributed by atoms with E-state index in [-0.39, 0.29) is 11.1 Å². The SMILES string of the molecule is O=C(O)c1ccnc(-n2[nH]c(C3CC3)cc2=O)c1. The van der Waals surface area contributed by atoms with Gasteiger partial charge in [0.1, 0.15) is 0 Å². The van der Waals surface area contributed by atoms with Crippen LogP contribution in [-0.2, 0) is 0 Å². The highest BCUT2D eigenvalue weighted by Crippen LogP contribution is 2.38. The molecule has 1 aliphatic rings. The lowest BCUT2D eigenvalue weighted by molar-refractivity contribution is 0.0696. The Morgan fingerprint density at radius 1 is 1.44 bits per heavy atom. The van der Waals surface area contributed by atoms with E-state index in [0.717, 1.165) is 18.5 Å². The minimum Gasteiger partial charge on any atom is -0.478 e. The van der Waals surface area contributed by atoms with E-state index in [4.69, 9.17) is 5.11 Å². The monoisotopic (exact) mass is 245 g/mol. The molecule has 3 rings (SSSR count). The maximum atomic E-state index is 11.8. The fourth-order valence-electron chi connectivity index (χ4n) is 1.86. The Hall–Kier alpha value is -2.37. The maximum absolute atomic E-state index is 11.8. The largest absolute Gasteiger partial charge is 0.478 e. The molecule has 2 heterocycles. The summed E-state index contributed by atoms with van der Waals surface area (Å²) >= 11 is 0. The highest BCUT2D eigenvalue weighted by molar-refractivity contribution is 5.87. The minimum atomic E-state index is -1.04. The van der Waals surface area contributed by atoms with Crippen molar-refractivity contribution in [3.63, 3.8) is 0 Å². The second kappa shape index (κ2) is 3.83. The third kappa shape index (κ3) is 1.81. The molecule has 0 saturated heterocycles. The third-order valence-electron chi connectivity index (χ3n) is 2.98. The van der Waals surface area contributed by atoms with Gasteiger partial charge in [0.25, 0.3) is 5.56 Å². The van der Waals surface area contributed by atoms with Gasteiger partial charge >= 0.3 is 5.97 Å². The lowest BCUT2D eigenvalue weighted by atomic mass is 10.2. The number of carboxylic acid groups (broad SMARTS) is 1. The zero-order chi connectivity index (χ0) is 12.7. The van der Waals surface area contributed by atoms with Crippen molar-refractivity contribution in [2.45, 2.75) is 18.8 Å². The molecule has 0 aliphatic heterocycles. The molecule has 18 heavy (non-hydrogen) atoms. The first kappa shape index (κ1) is 10.8. The molecule has 1 aliphatic carbocycles. The topological polar surface area (TPSA) is 88.0 Å². The van der Waals surface area contributed by atoms with E-state index in [2.05, 4.69) is 10.1 Å². The van der Waals surface area contributed by atoms with Crippen LogP contribution < -0.4 is 5.56 Å². The number of pyridine rings is 1. The zero-order valence-corrected chi connectivity index (χ0v) is 9.46. The number of hydrogen-bond acceptors (Lipinski definition) is 3. The van der Waals surface area contributed by atoms with Crippen molar-refractivity contribution >= 4 is 5.97 Å². The van der Waals surface area contributed by atoms with Crippen LogP contribution >= 0.6 is 0 Å². The van der Waals surface area contributed by atoms with Crippen molar-refractivity contribution in [2.75, 3.05) is 0 Å². The van der Waals surface area contributed by atoms with E-state index in [1.165, 1.54) is 23.0 Å². The Kier molecular flexibility index (Phi) is 2.29. The number of rotatable bonds is 3. The number of carbonyl (C=O) groups is 1. The van der Waals surface area contributed by atoms with E-state index in [9.17, 15) is 9.59 Å². The average molecular weight is 245 g/mol. The van der Waals surface area contributed by atoms with Gasteiger partial charge < -0.3 is 5.11 Å². The average Bonchev–Trinajstić information content (AvgIpc) is 3.13. The van der Waals surface area contributed by atoms with Gasteiger partial charge in [-0.2, -0.15) is 0 Å². The molecule has 0 amide bonds. The molecule has 0 bridgehead atoms. The first-order chi connectivity index (χ1) is 8.65. The molecule has 1 fully saturated rings. The van der Waals surface area contributed by atoms with E-state index >= 15 is 0 Å². The molecule has 92 valence electrons. The highest BCUT2D eigenvalue weighted by atomic mass is 16.4. The van der Waals surface area contributed by atoms with Crippen molar-refractivity contribution in [2.24, 2.45) is 0 Å². The maximum Gasteiger partial charge on any atom is 0.335 e. The van der Waals surface area contributed by atoms with E-state index in [0.29, 0.717) is 11.7 Å². The van der Waals surface area contributed by atoms with Crippen molar-refractivity contribution in [3.05, 3.63) is 46.0 Å². The third-order valence-corrected chi connectivity index (χ3v) is 2.98. The van der Waals surface area contributed by atoms with Crippen molar-refractivity contribution in [3.8, 4) is 5.82 Å². The quantitative estimate of drug-likeness (QED) is 0.848. The van der Waals surface area contributed by atoms with Crippen LogP contribution in [0.25, 0.3) is 5.82 Å². The van der Waals surface area contributed by atoms with Gasteiger partial charge in [0.05, 0.1) is 5.56 Å². The molecule has 2 aromatic heterocycles. The summed E-state index contributed by atoms with van der Waals surface area (Å²) in [5, 5.41) is 11.9. The molecule has 6 nitrogen and oxygen atoms in total. The summed E-state index contributed by atoms with van der Waals surface area (Å²) in [5.41, 5.74) is 0.781. The van der Waals surface area contributed by atoms with Crippen LogP contribution in [0.5, 0.6) is 0 Å². The fourth-order valence-corrected chi connectivity index (χ4v) is 1.86. The van der Waals surface area contributed by atoms with Gasteiger partial charge in [-0.25, -0.2) is 14.5 Å². The van der Waals surface area contributed by atoms with Gasteiger partial charge in [-0.3, -0.25) is 9.89 Å². The molecule has 0 unspecified atom stereocenters. The number of aromatic nitrogens is 3. The van der Waals surface area contributed by atoms with Gasteiger partial charge in [0, 0.05) is 23.9 Å². The Labute approximate surface area is 102 Å². The van der Waals surface area contributed by atoms with Crippen molar-refractivity contribution in [1.29, 1.82) is 0 Å². The normalized spacial score (nSPS) is 14.7. The zero-order valence-electron chi connectivity index (χ0n) is 9.46. The van der Waals surface area contributed by atoms with E-state index in [1.807, 2.05) is 0 Å². The highest BCUT2D eigenvalue weighted by Gasteiger charge is 2.26. The second-order valence-electron chi connectivity index (χ2n) is 4.37. The van der Waals surface area contributed by atoms with Gasteiger partial charge in [-0.1, -0.05) is 0 Å². The number of hydrogen-bond donors (Lipinski definition) is 2. The molecule has 0 atom stereocenters. The fraction of sp³-hybridized carbons (Fsp3) is 0.250. The first-order valence-electron chi connectivity index (χ1n) is 5.67. The minimum absolute atomic E-state index is 0.106. The van der Waals surface area contributed by atoms with Crippen LogP contribution in [0, 0.1) is 0 Å². The number of nitrogens with zero attached hydrogens (tertiary/aromatic N) is 2. The smallest absolute Gasteiger partial charge is 0.335 e. The van der Waals surface area contributed by atoms with Crippen LogP contribution in [0.2, 0.25) is 0 Å². The van der Waals surface area contributed by atoms with Crippen LogP contribution in [-0.4, -0.2) is 25.8 Å². The summed E-state index contributed by atoms with van der Waals surface area (Å²) in [5.74, 6) is -0.311. The molecular formula is C12H11N3O3. The van der Waals surface area contributed by atoms with Gasteiger partial charge in [0.15, 0.2) is 5.82 Å². The summed E-state index contributed by atoms with van der Waals surface area (Å²) in [7, 11) is 0. The van der Waals surface area contributed by atoms with Crippen molar-refractivity contribution < 1.29 is 9.90 Å². The molecule has 6 heteroatoms. The summed E-state index contributed by atoms with van der Waals surface area (Å²) < 4.78 is 1.28. The Balaban J connectivity index is 2.06. The van der Waals surface area contributed by atoms with Crippen LogP contribution in [0.15, 0.2) is 29.2 Å².